The van der Waals surface area contributed by atoms with Crippen molar-refractivity contribution in [3.05, 3.63) is 54.3 Å². The molecular weight excluding hydrogens is 636 g/mol. The number of aromatic nitrogens is 1. The summed E-state index contributed by atoms with van der Waals surface area (Å²) in [5.41, 5.74) is 3.01. The van der Waals surface area contributed by atoms with Crippen LogP contribution in [0.4, 0.5) is 0 Å². The van der Waals surface area contributed by atoms with Crippen molar-refractivity contribution in [2.24, 2.45) is 0 Å². The van der Waals surface area contributed by atoms with E-state index in [1.165, 1.54) is 0 Å². The number of benzene rings is 2. The van der Waals surface area contributed by atoms with Crippen LogP contribution in [0.15, 0.2) is 53.1 Å². The smallest absolute Gasteiger partial charge is 0.305 e. The van der Waals surface area contributed by atoms with Gasteiger partial charge < -0.3 is 47.7 Å². The molecule has 3 saturated heterocycles. The number of hydrogen-bond acceptors (Lipinski definition) is 12. The van der Waals surface area contributed by atoms with E-state index in [4.69, 9.17) is 42.4 Å². The first-order valence-electron chi connectivity index (χ1n) is 16.5. The van der Waals surface area contributed by atoms with E-state index in [0.717, 1.165) is 22.4 Å². The van der Waals surface area contributed by atoms with Crippen LogP contribution in [0.3, 0.4) is 0 Å². The number of methoxy groups -OCH3 is 2. The number of carbonyl (C=O) groups excluding carboxylic acids is 2. The number of rotatable bonds is 13. The number of carbonyl (C=O) groups is 2. The number of fused-ring (bicyclic) bond motifs is 3. The van der Waals surface area contributed by atoms with E-state index >= 15 is 0 Å². The van der Waals surface area contributed by atoms with Crippen LogP contribution in [0.1, 0.15) is 52.7 Å². The van der Waals surface area contributed by atoms with Gasteiger partial charge in [-0.05, 0) is 82.5 Å². The quantitative estimate of drug-likeness (QED) is 0.196. The molecule has 1 amide bonds. The third kappa shape index (κ3) is 8.08. The molecular formula is C36H44N2O11. The Labute approximate surface area is 285 Å². The number of ether oxygens (including phenoxy) is 8. The lowest BCUT2D eigenvalue weighted by molar-refractivity contribution is -0.242. The van der Waals surface area contributed by atoms with E-state index < -0.39 is 42.3 Å². The van der Waals surface area contributed by atoms with Crippen molar-refractivity contribution < 1.29 is 52.0 Å². The summed E-state index contributed by atoms with van der Waals surface area (Å²) in [7, 11) is 3.21. The van der Waals surface area contributed by atoms with Crippen molar-refractivity contribution in [2.75, 3.05) is 27.4 Å². The Bertz CT molecular complexity index is 1600. The van der Waals surface area contributed by atoms with Gasteiger partial charge in [0, 0.05) is 18.5 Å². The Kier molecular flexibility index (Phi) is 10.3. The van der Waals surface area contributed by atoms with Crippen molar-refractivity contribution in [1.82, 2.24) is 10.5 Å². The van der Waals surface area contributed by atoms with Crippen LogP contribution in [-0.2, 0) is 44.4 Å². The van der Waals surface area contributed by atoms with Crippen molar-refractivity contribution >= 4 is 11.9 Å². The maximum atomic E-state index is 13.0. The zero-order chi connectivity index (χ0) is 34.8. The van der Waals surface area contributed by atoms with Crippen LogP contribution < -0.4 is 14.8 Å². The molecule has 0 bridgehead atoms. The Morgan fingerprint density at radius 1 is 0.796 bits per heavy atom. The first-order valence-corrected chi connectivity index (χ1v) is 16.5. The van der Waals surface area contributed by atoms with E-state index in [-0.39, 0.29) is 31.3 Å². The van der Waals surface area contributed by atoms with Gasteiger partial charge in [-0.15, -0.1) is 0 Å². The molecule has 2 aromatic carbocycles. The predicted octanol–water partition coefficient (Wildman–Crippen LogP) is 4.79. The monoisotopic (exact) mass is 680 g/mol. The van der Waals surface area contributed by atoms with Crippen LogP contribution in [-0.4, -0.2) is 86.7 Å². The lowest BCUT2D eigenvalue weighted by Gasteiger charge is -2.36. The van der Waals surface area contributed by atoms with Gasteiger partial charge >= 0.3 is 5.97 Å². The average molecular weight is 681 g/mol. The molecule has 0 radical (unpaired) electrons. The molecule has 0 spiro atoms. The van der Waals surface area contributed by atoms with Gasteiger partial charge in [0.05, 0.1) is 26.2 Å². The minimum absolute atomic E-state index is 0.00455. The highest BCUT2D eigenvalue weighted by Crippen LogP contribution is 2.44. The first kappa shape index (κ1) is 34.8. The molecule has 3 aliphatic rings. The molecule has 6 rings (SSSR count). The molecule has 3 aliphatic heterocycles. The van der Waals surface area contributed by atoms with Gasteiger partial charge in [0.1, 0.15) is 48.2 Å². The maximum absolute atomic E-state index is 13.0. The number of amides is 1. The molecule has 1 aromatic heterocycles. The van der Waals surface area contributed by atoms with Gasteiger partial charge in [-0.3, -0.25) is 9.59 Å². The van der Waals surface area contributed by atoms with E-state index in [1.54, 1.807) is 14.2 Å². The third-order valence-electron chi connectivity index (χ3n) is 8.62. The summed E-state index contributed by atoms with van der Waals surface area (Å²) in [5, 5.41) is 7.24. The Balaban J connectivity index is 0.981. The topological polar surface area (TPSA) is 146 Å². The van der Waals surface area contributed by atoms with Gasteiger partial charge in [0.25, 0.3) is 0 Å². The zero-order valence-corrected chi connectivity index (χ0v) is 28.7. The fourth-order valence-electron chi connectivity index (χ4n) is 6.35. The van der Waals surface area contributed by atoms with Gasteiger partial charge in [0.2, 0.25) is 5.91 Å². The molecule has 13 nitrogen and oxygen atoms in total. The van der Waals surface area contributed by atoms with Crippen molar-refractivity contribution in [2.45, 2.75) is 95.7 Å². The summed E-state index contributed by atoms with van der Waals surface area (Å²) in [6, 6.07) is 15.0. The highest BCUT2D eigenvalue weighted by atomic mass is 16.9. The normalized spacial score (nSPS) is 24.9. The molecule has 264 valence electrons. The number of esters is 1. The standard InChI is InChI=1S/C36H44N2O11/c1-35(2)45-31-26(44-34-33(32(31)46-35)47-36(3,4)48-34)20-43-28(40)9-7-8-18-37-27(39)19-25-29(21-10-14-23(41-5)15-11-21)30(38-49-25)22-12-16-24(42-6)17-13-22/h10-17,26,31-34H,7-9,18-20H2,1-6H3,(H,37,39). The second-order valence-electron chi connectivity index (χ2n) is 13.2. The van der Waals surface area contributed by atoms with Gasteiger partial charge in [-0.2, -0.15) is 0 Å². The van der Waals surface area contributed by atoms with Gasteiger partial charge in [-0.25, -0.2) is 0 Å². The summed E-state index contributed by atoms with van der Waals surface area (Å²) in [4.78, 5) is 25.6. The summed E-state index contributed by atoms with van der Waals surface area (Å²) in [6.45, 7) is 7.67. The van der Waals surface area contributed by atoms with E-state index in [1.807, 2.05) is 76.2 Å². The number of nitrogens with zero attached hydrogens (tertiary/aromatic N) is 1. The first-order chi connectivity index (χ1) is 23.4. The molecule has 13 heteroatoms. The summed E-state index contributed by atoms with van der Waals surface area (Å²) in [6.07, 6.45) is -1.27. The van der Waals surface area contributed by atoms with Crippen LogP contribution in [0, 0.1) is 0 Å². The molecule has 5 atom stereocenters. The average Bonchev–Trinajstić information content (AvgIpc) is 3.74. The lowest BCUT2D eigenvalue weighted by atomic mass is 9.98. The summed E-state index contributed by atoms with van der Waals surface area (Å²) in [5.74, 6) is -0.383. The van der Waals surface area contributed by atoms with E-state index in [0.29, 0.717) is 36.6 Å². The Hall–Kier alpha value is -4.01. The largest absolute Gasteiger partial charge is 0.497 e. The molecule has 1 N–H and O–H groups in total. The van der Waals surface area contributed by atoms with E-state index in [9.17, 15) is 9.59 Å². The van der Waals surface area contributed by atoms with Crippen LogP contribution in [0.25, 0.3) is 22.4 Å². The summed E-state index contributed by atoms with van der Waals surface area (Å²) < 4.78 is 52.1. The second kappa shape index (κ2) is 14.5. The molecule has 0 aliphatic carbocycles. The highest BCUT2D eigenvalue weighted by molar-refractivity contribution is 5.86. The predicted molar refractivity (Wildman–Crippen MR) is 175 cm³/mol. The van der Waals surface area contributed by atoms with Crippen molar-refractivity contribution in [1.29, 1.82) is 0 Å². The van der Waals surface area contributed by atoms with Crippen molar-refractivity contribution in [3.63, 3.8) is 0 Å². The van der Waals surface area contributed by atoms with E-state index in [2.05, 4.69) is 10.5 Å². The van der Waals surface area contributed by atoms with Crippen LogP contribution >= 0.6 is 0 Å². The molecule has 3 fully saturated rings. The molecule has 4 heterocycles. The van der Waals surface area contributed by atoms with Gasteiger partial charge in [-0.1, -0.05) is 17.3 Å². The molecule has 5 unspecified atom stereocenters. The molecule has 49 heavy (non-hydrogen) atoms. The Morgan fingerprint density at radius 3 is 2.08 bits per heavy atom. The molecule has 0 saturated carbocycles. The Morgan fingerprint density at radius 2 is 1.41 bits per heavy atom. The number of hydrogen-bond donors (Lipinski definition) is 1. The minimum atomic E-state index is -0.833. The SMILES string of the molecule is COc1ccc(-c2noc(CC(=O)NCCCCC(=O)OCC3OC4OC(C)(C)OC4C4OC(C)(C)OC34)c2-c2ccc(OC)cc2)cc1. The van der Waals surface area contributed by atoms with Crippen LogP contribution in [0.5, 0.6) is 11.5 Å². The second-order valence-corrected chi connectivity index (χ2v) is 13.2. The van der Waals surface area contributed by atoms with Crippen LogP contribution in [0.2, 0.25) is 0 Å². The lowest BCUT2D eigenvalue weighted by Crippen LogP contribution is -2.56. The number of unbranched alkanes of at least 4 members (excludes halogenated alkanes) is 1. The fraction of sp³-hybridized carbons (Fsp3) is 0.528. The molecule has 3 aromatic rings. The maximum Gasteiger partial charge on any atom is 0.305 e. The summed E-state index contributed by atoms with van der Waals surface area (Å²) >= 11 is 0. The highest BCUT2D eigenvalue weighted by Gasteiger charge is 2.60. The minimum Gasteiger partial charge on any atom is -0.497 e. The number of nitrogens with one attached hydrogen (secondary N) is 1. The van der Waals surface area contributed by atoms with Gasteiger partial charge in [0.15, 0.2) is 23.6 Å². The fourth-order valence-corrected chi connectivity index (χ4v) is 6.35. The third-order valence-corrected chi connectivity index (χ3v) is 8.62. The van der Waals surface area contributed by atoms with Crippen molar-refractivity contribution in [3.8, 4) is 33.9 Å². The zero-order valence-electron chi connectivity index (χ0n) is 28.7.